The Morgan fingerprint density at radius 2 is 2.17 bits per heavy atom. The summed E-state index contributed by atoms with van der Waals surface area (Å²) in [5, 5.41) is 20.6. The topological polar surface area (TPSA) is 150 Å². The summed E-state index contributed by atoms with van der Waals surface area (Å²) in [6.07, 6.45) is 1.50. The first-order valence-corrected chi connectivity index (χ1v) is 8.49. The second kappa shape index (κ2) is 6.72. The van der Waals surface area contributed by atoms with E-state index in [4.69, 9.17) is 19.3 Å². The maximum atomic E-state index is 13.3. The first kappa shape index (κ1) is 18.1. The van der Waals surface area contributed by atoms with Crippen molar-refractivity contribution >= 4 is 5.88 Å². The zero-order valence-corrected chi connectivity index (χ0v) is 15.1. The van der Waals surface area contributed by atoms with E-state index in [-0.39, 0.29) is 35.1 Å². The summed E-state index contributed by atoms with van der Waals surface area (Å²) in [5.41, 5.74) is 6.07. The van der Waals surface area contributed by atoms with Crippen LogP contribution >= 0.6 is 0 Å². The van der Waals surface area contributed by atoms with Gasteiger partial charge in [-0.05, 0) is 25.1 Å². The van der Waals surface area contributed by atoms with E-state index in [9.17, 15) is 20.2 Å². The molecule has 1 atom stereocenters. The Balaban J connectivity index is 1.93. The molecule has 1 aliphatic heterocycles. The van der Waals surface area contributed by atoms with Gasteiger partial charge < -0.3 is 23.9 Å². The molecule has 3 aromatic heterocycles. The molecule has 4 rings (SSSR count). The Bertz CT molecular complexity index is 1240. The number of allylic oxidation sites excluding steroid dienone is 1. The third-order valence-corrected chi connectivity index (χ3v) is 4.66. The molecule has 29 heavy (non-hydrogen) atoms. The minimum absolute atomic E-state index is 0.0475. The number of hydrogen-bond donors (Lipinski definition) is 1. The van der Waals surface area contributed by atoms with Crippen LogP contribution in [0.3, 0.4) is 0 Å². The van der Waals surface area contributed by atoms with Crippen LogP contribution in [0.15, 0.2) is 61.7 Å². The number of nitriles is 1. The number of aryl methyl sites for hydroxylation is 1. The van der Waals surface area contributed by atoms with E-state index in [1.165, 1.54) is 16.9 Å². The fourth-order valence-electron chi connectivity index (χ4n) is 3.32. The summed E-state index contributed by atoms with van der Waals surface area (Å²) in [5.74, 6) is -0.949. The molecule has 0 amide bonds. The fraction of sp³-hybridized carbons (Fsp3) is 0.158. The molecule has 0 aliphatic carbocycles. The van der Waals surface area contributed by atoms with Crippen molar-refractivity contribution in [3.05, 3.63) is 91.3 Å². The van der Waals surface area contributed by atoms with Crippen LogP contribution in [0.5, 0.6) is 5.75 Å². The van der Waals surface area contributed by atoms with Gasteiger partial charge in [0.25, 0.3) is 5.56 Å². The number of rotatable bonds is 4. The maximum Gasteiger partial charge on any atom is 0.433 e. The SMILES string of the molecule is Cc1cc2c(c(=O)n1Cc1ccco1)[C@H](c1ccc([N+](=O)[O-])o1)C(C#N)=C(N)O2. The van der Waals surface area contributed by atoms with E-state index < -0.39 is 22.3 Å². The van der Waals surface area contributed by atoms with E-state index in [0.29, 0.717) is 11.5 Å². The number of pyridine rings is 1. The van der Waals surface area contributed by atoms with Crippen LogP contribution in [-0.4, -0.2) is 9.49 Å². The summed E-state index contributed by atoms with van der Waals surface area (Å²) in [6.45, 7) is 1.89. The van der Waals surface area contributed by atoms with Crippen molar-refractivity contribution < 1.29 is 18.5 Å². The minimum Gasteiger partial charge on any atom is -0.467 e. The van der Waals surface area contributed by atoms with Crippen LogP contribution < -0.4 is 16.0 Å². The molecule has 10 nitrogen and oxygen atoms in total. The van der Waals surface area contributed by atoms with Gasteiger partial charge in [-0.3, -0.25) is 14.9 Å². The molecule has 0 unspecified atom stereocenters. The highest BCUT2D eigenvalue weighted by Gasteiger charge is 2.37. The first-order chi connectivity index (χ1) is 13.9. The average Bonchev–Trinajstić information content (AvgIpc) is 3.36. The molecule has 0 aromatic carbocycles. The minimum atomic E-state index is -1.03. The molecule has 0 saturated carbocycles. The van der Waals surface area contributed by atoms with Crippen molar-refractivity contribution in [2.45, 2.75) is 19.4 Å². The zero-order valence-electron chi connectivity index (χ0n) is 15.1. The predicted molar refractivity (Wildman–Crippen MR) is 97.9 cm³/mol. The number of furan rings is 2. The standard InChI is InChI=1S/C19H14N4O6/c1-10-7-14-17(19(24)22(10)9-11-3-2-6-27-11)16(12(8-20)18(21)29-14)13-4-5-15(28-13)23(25)26/h2-7,16H,9,21H2,1H3/t16-/m0/s1. The van der Waals surface area contributed by atoms with Crippen LogP contribution in [0.2, 0.25) is 0 Å². The van der Waals surface area contributed by atoms with Gasteiger partial charge in [-0.1, -0.05) is 0 Å². The van der Waals surface area contributed by atoms with Crippen molar-refractivity contribution in [3.8, 4) is 11.8 Å². The zero-order chi connectivity index (χ0) is 20.7. The van der Waals surface area contributed by atoms with Crippen LogP contribution in [-0.2, 0) is 6.54 Å². The van der Waals surface area contributed by atoms with Crippen molar-refractivity contribution in [3.63, 3.8) is 0 Å². The number of hydrogen-bond acceptors (Lipinski definition) is 8. The van der Waals surface area contributed by atoms with E-state index >= 15 is 0 Å². The molecule has 10 heteroatoms. The lowest BCUT2D eigenvalue weighted by Gasteiger charge is -2.25. The second-order valence-corrected chi connectivity index (χ2v) is 6.39. The maximum absolute atomic E-state index is 13.3. The largest absolute Gasteiger partial charge is 0.467 e. The molecule has 0 fully saturated rings. The fourth-order valence-corrected chi connectivity index (χ4v) is 3.32. The van der Waals surface area contributed by atoms with Gasteiger partial charge in [0.15, 0.2) is 0 Å². The Hall–Kier alpha value is -4.26. The molecule has 0 spiro atoms. The van der Waals surface area contributed by atoms with E-state index in [0.717, 1.165) is 6.07 Å². The van der Waals surface area contributed by atoms with Crippen LogP contribution in [0, 0.1) is 28.4 Å². The van der Waals surface area contributed by atoms with Crippen molar-refractivity contribution in [1.29, 1.82) is 5.26 Å². The van der Waals surface area contributed by atoms with Gasteiger partial charge in [0.05, 0.1) is 30.4 Å². The molecule has 4 heterocycles. The van der Waals surface area contributed by atoms with Crippen molar-refractivity contribution in [2.24, 2.45) is 5.73 Å². The van der Waals surface area contributed by atoms with Gasteiger partial charge in [-0.25, -0.2) is 0 Å². The second-order valence-electron chi connectivity index (χ2n) is 6.39. The monoisotopic (exact) mass is 394 g/mol. The van der Waals surface area contributed by atoms with Crippen LogP contribution in [0.25, 0.3) is 0 Å². The van der Waals surface area contributed by atoms with Crippen molar-refractivity contribution in [2.75, 3.05) is 0 Å². The summed E-state index contributed by atoms with van der Waals surface area (Å²) in [7, 11) is 0. The van der Waals surface area contributed by atoms with Gasteiger partial charge in [0, 0.05) is 11.8 Å². The summed E-state index contributed by atoms with van der Waals surface area (Å²) in [4.78, 5) is 23.7. The molecule has 2 N–H and O–H groups in total. The molecule has 0 saturated heterocycles. The lowest BCUT2D eigenvalue weighted by Crippen LogP contribution is -2.32. The number of nitrogens with zero attached hydrogens (tertiary/aromatic N) is 3. The van der Waals surface area contributed by atoms with Gasteiger partial charge in [0.2, 0.25) is 5.88 Å². The highest BCUT2D eigenvalue weighted by Crippen LogP contribution is 2.41. The van der Waals surface area contributed by atoms with Gasteiger partial charge >= 0.3 is 5.88 Å². The van der Waals surface area contributed by atoms with Crippen LogP contribution in [0.4, 0.5) is 5.88 Å². The number of nitrogens with two attached hydrogens (primary N) is 1. The third kappa shape index (κ3) is 2.94. The Morgan fingerprint density at radius 3 is 2.79 bits per heavy atom. The third-order valence-electron chi connectivity index (χ3n) is 4.66. The molecule has 1 aliphatic rings. The lowest BCUT2D eigenvalue weighted by molar-refractivity contribution is -0.402. The van der Waals surface area contributed by atoms with E-state index in [1.807, 2.05) is 6.07 Å². The predicted octanol–water partition coefficient (Wildman–Crippen LogP) is 2.52. The number of ether oxygens (including phenoxy) is 1. The number of aromatic nitrogens is 1. The van der Waals surface area contributed by atoms with Crippen LogP contribution in [0.1, 0.15) is 28.7 Å². The Labute approximate surface area is 163 Å². The molecular weight excluding hydrogens is 380 g/mol. The van der Waals surface area contributed by atoms with Gasteiger partial charge in [-0.15, -0.1) is 0 Å². The lowest BCUT2D eigenvalue weighted by atomic mass is 9.88. The quantitative estimate of drug-likeness (QED) is 0.523. The smallest absolute Gasteiger partial charge is 0.433 e. The van der Waals surface area contributed by atoms with E-state index in [2.05, 4.69) is 0 Å². The normalized spacial score (nSPS) is 15.5. The number of fused-ring (bicyclic) bond motifs is 1. The highest BCUT2D eigenvalue weighted by atomic mass is 16.6. The van der Waals surface area contributed by atoms with Gasteiger partial charge in [-0.2, -0.15) is 5.26 Å². The summed E-state index contributed by atoms with van der Waals surface area (Å²) >= 11 is 0. The highest BCUT2D eigenvalue weighted by molar-refractivity contribution is 5.54. The first-order valence-electron chi connectivity index (χ1n) is 8.49. The summed E-state index contributed by atoms with van der Waals surface area (Å²) < 4.78 is 17.6. The van der Waals surface area contributed by atoms with Gasteiger partial charge in [0.1, 0.15) is 33.8 Å². The summed E-state index contributed by atoms with van der Waals surface area (Å²) in [6, 6.07) is 9.48. The molecule has 146 valence electrons. The molecule has 3 aromatic rings. The molecular formula is C19H14N4O6. The Morgan fingerprint density at radius 1 is 1.38 bits per heavy atom. The Kier molecular flexibility index (Phi) is 4.20. The van der Waals surface area contributed by atoms with Crippen molar-refractivity contribution in [1.82, 2.24) is 4.57 Å². The van der Waals surface area contributed by atoms with E-state index in [1.54, 1.807) is 25.1 Å². The average molecular weight is 394 g/mol. The number of nitro groups is 1. The molecule has 0 radical (unpaired) electrons. The molecule has 0 bridgehead atoms.